The van der Waals surface area contributed by atoms with Crippen LogP contribution in [0.4, 0.5) is 0 Å². The smallest absolute Gasteiger partial charge is 0.237 e. The Morgan fingerprint density at radius 1 is 1.45 bits per heavy atom. The lowest BCUT2D eigenvalue weighted by Crippen LogP contribution is -2.44. The summed E-state index contributed by atoms with van der Waals surface area (Å²) < 4.78 is 0. The van der Waals surface area contributed by atoms with Crippen LogP contribution in [-0.4, -0.2) is 40.9 Å². The first-order chi connectivity index (χ1) is 9.56. The maximum atomic E-state index is 12.0. The van der Waals surface area contributed by atoms with Gasteiger partial charge in [0, 0.05) is 12.6 Å². The molecule has 1 aromatic rings. The van der Waals surface area contributed by atoms with Crippen molar-refractivity contribution in [1.82, 2.24) is 10.6 Å². The van der Waals surface area contributed by atoms with E-state index in [-0.39, 0.29) is 18.0 Å². The number of nitrogens with one attached hydrogen (secondary N) is 2. The number of hydrogen-bond acceptors (Lipinski definition) is 4. The highest BCUT2D eigenvalue weighted by Gasteiger charge is 2.28. The van der Waals surface area contributed by atoms with E-state index >= 15 is 0 Å². The molecular weight excluding hydrogens is 256 g/mol. The van der Waals surface area contributed by atoms with Crippen molar-refractivity contribution < 1.29 is 15.0 Å². The summed E-state index contributed by atoms with van der Waals surface area (Å²) in [5.74, 6) is -0.116. The Morgan fingerprint density at radius 2 is 2.15 bits per heavy atom. The van der Waals surface area contributed by atoms with Crippen molar-refractivity contribution in [2.75, 3.05) is 6.54 Å². The maximum absolute atomic E-state index is 12.0. The molecule has 5 nitrogen and oxygen atoms in total. The van der Waals surface area contributed by atoms with E-state index in [2.05, 4.69) is 10.6 Å². The Kier molecular flexibility index (Phi) is 5.11. The van der Waals surface area contributed by atoms with E-state index in [1.807, 2.05) is 37.3 Å². The fraction of sp³-hybridized carbons (Fsp3) is 0.533. The number of benzene rings is 1. The zero-order valence-corrected chi connectivity index (χ0v) is 11.6. The highest BCUT2D eigenvalue weighted by atomic mass is 16.3. The second-order valence-electron chi connectivity index (χ2n) is 5.42. The molecule has 0 saturated carbocycles. The van der Waals surface area contributed by atoms with Crippen LogP contribution in [0.1, 0.15) is 31.4 Å². The number of aliphatic hydroxyl groups is 2. The highest BCUT2D eigenvalue weighted by Crippen LogP contribution is 2.18. The van der Waals surface area contributed by atoms with Gasteiger partial charge >= 0.3 is 0 Å². The second kappa shape index (κ2) is 6.83. The largest absolute Gasteiger partial charge is 0.392 e. The topological polar surface area (TPSA) is 81.6 Å². The van der Waals surface area contributed by atoms with Gasteiger partial charge in [-0.25, -0.2) is 0 Å². The van der Waals surface area contributed by atoms with E-state index in [1.54, 1.807) is 0 Å². The van der Waals surface area contributed by atoms with Crippen molar-refractivity contribution in [2.24, 2.45) is 0 Å². The van der Waals surface area contributed by atoms with Crippen LogP contribution in [0.15, 0.2) is 30.3 Å². The Bertz CT molecular complexity index is 438. The molecule has 1 aliphatic rings. The molecule has 0 bridgehead atoms. The molecule has 1 heterocycles. The Hall–Kier alpha value is -1.43. The van der Waals surface area contributed by atoms with Gasteiger partial charge in [-0.05, 0) is 25.3 Å². The van der Waals surface area contributed by atoms with Gasteiger partial charge in [0.1, 0.15) is 0 Å². The highest BCUT2D eigenvalue weighted by molar-refractivity contribution is 5.82. The zero-order chi connectivity index (χ0) is 14.5. The molecular formula is C15H22N2O3. The van der Waals surface area contributed by atoms with Crippen LogP contribution < -0.4 is 10.6 Å². The SMILES string of the molecule is CC(CC(O)c1ccccc1)NC(=O)C1CC(O)CN1. The van der Waals surface area contributed by atoms with Crippen LogP contribution in [0.25, 0.3) is 0 Å². The van der Waals surface area contributed by atoms with Crippen LogP contribution in [0, 0.1) is 0 Å². The average molecular weight is 278 g/mol. The van der Waals surface area contributed by atoms with Gasteiger partial charge in [0.2, 0.25) is 5.91 Å². The van der Waals surface area contributed by atoms with Crippen molar-refractivity contribution in [2.45, 2.75) is 44.1 Å². The minimum Gasteiger partial charge on any atom is -0.392 e. The molecule has 1 saturated heterocycles. The van der Waals surface area contributed by atoms with Crippen molar-refractivity contribution >= 4 is 5.91 Å². The van der Waals surface area contributed by atoms with Gasteiger partial charge in [0.25, 0.3) is 0 Å². The van der Waals surface area contributed by atoms with Crippen LogP contribution in [-0.2, 0) is 4.79 Å². The molecule has 1 fully saturated rings. The minimum atomic E-state index is -0.589. The molecule has 0 radical (unpaired) electrons. The Morgan fingerprint density at radius 3 is 2.75 bits per heavy atom. The van der Waals surface area contributed by atoms with Gasteiger partial charge in [-0.15, -0.1) is 0 Å². The lowest BCUT2D eigenvalue weighted by Gasteiger charge is -2.20. The molecule has 0 aromatic heterocycles. The fourth-order valence-electron chi connectivity index (χ4n) is 2.47. The lowest BCUT2D eigenvalue weighted by atomic mass is 10.0. The number of aliphatic hydroxyl groups excluding tert-OH is 2. The summed E-state index contributed by atoms with van der Waals surface area (Å²) in [5, 5.41) is 25.3. The zero-order valence-electron chi connectivity index (χ0n) is 11.6. The molecule has 5 heteroatoms. The van der Waals surface area contributed by atoms with Gasteiger partial charge in [-0.3, -0.25) is 4.79 Å². The summed E-state index contributed by atoms with van der Waals surface area (Å²) in [4.78, 5) is 12.0. The molecule has 20 heavy (non-hydrogen) atoms. The molecule has 4 N–H and O–H groups in total. The van der Waals surface area contributed by atoms with Crippen LogP contribution in [0.5, 0.6) is 0 Å². The predicted octanol–water partition coefficient (Wildman–Crippen LogP) is 0.338. The molecule has 0 aliphatic carbocycles. The molecule has 2 rings (SSSR count). The first kappa shape index (κ1) is 15.0. The summed E-state index contributed by atoms with van der Waals surface area (Å²) in [6.07, 6.45) is -0.130. The van der Waals surface area contributed by atoms with Gasteiger partial charge in [0.15, 0.2) is 0 Å². The van der Waals surface area contributed by atoms with Crippen LogP contribution in [0.3, 0.4) is 0 Å². The number of amides is 1. The average Bonchev–Trinajstić information content (AvgIpc) is 2.86. The summed E-state index contributed by atoms with van der Waals surface area (Å²) in [6, 6.07) is 8.94. The van der Waals surface area contributed by atoms with Gasteiger partial charge in [-0.1, -0.05) is 30.3 Å². The van der Waals surface area contributed by atoms with Crippen molar-refractivity contribution in [3.05, 3.63) is 35.9 Å². The first-order valence-corrected chi connectivity index (χ1v) is 7.01. The number of carbonyl (C=O) groups excluding carboxylic acids is 1. The molecule has 4 unspecified atom stereocenters. The third kappa shape index (κ3) is 4.03. The monoisotopic (exact) mass is 278 g/mol. The van der Waals surface area contributed by atoms with Crippen molar-refractivity contribution in [3.63, 3.8) is 0 Å². The summed E-state index contributed by atoms with van der Waals surface area (Å²) in [5.41, 5.74) is 0.850. The van der Waals surface area contributed by atoms with Gasteiger partial charge in [0.05, 0.1) is 18.2 Å². The fourth-order valence-corrected chi connectivity index (χ4v) is 2.47. The van der Waals surface area contributed by atoms with E-state index < -0.39 is 12.2 Å². The first-order valence-electron chi connectivity index (χ1n) is 7.01. The predicted molar refractivity (Wildman–Crippen MR) is 76.0 cm³/mol. The molecule has 0 spiro atoms. The van der Waals surface area contributed by atoms with E-state index in [0.29, 0.717) is 19.4 Å². The van der Waals surface area contributed by atoms with E-state index in [1.165, 1.54) is 0 Å². The lowest BCUT2D eigenvalue weighted by molar-refractivity contribution is -0.123. The minimum absolute atomic E-state index is 0.116. The Labute approximate surface area is 119 Å². The van der Waals surface area contributed by atoms with Crippen LogP contribution >= 0.6 is 0 Å². The molecule has 1 amide bonds. The summed E-state index contributed by atoms with van der Waals surface area (Å²) in [6.45, 7) is 2.33. The number of rotatable bonds is 5. The molecule has 4 atom stereocenters. The van der Waals surface area contributed by atoms with Crippen molar-refractivity contribution in [3.8, 4) is 0 Å². The van der Waals surface area contributed by atoms with Gasteiger partial charge < -0.3 is 20.8 Å². The molecule has 110 valence electrons. The standard InChI is InChI=1S/C15H22N2O3/c1-10(7-14(19)11-5-3-2-4-6-11)17-15(20)13-8-12(18)9-16-13/h2-6,10,12-14,16,18-19H,7-9H2,1H3,(H,17,20). The third-order valence-corrected chi connectivity index (χ3v) is 3.57. The van der Waals surface area contributed by atoms with Gasteiger partial charge in [-0.2, -0.15) is 0 Å². The molecule has 1 aromatic carbocycles. The van der Waals surface area contributed by atoms with E-state index in [0.717, 1.165) is 5.56 Å². The quantitative estimate of drug-likeness (QED) is 0.626. The summed E-state index contributed by atoms with van der Waals surface area (Å²) in [7, 11) is 0. The van der Waals surface area contributed by atoms with E-state index in [4.69, 9.17) is 0 Å². The van der Waals surface area contributed by atoms with Crippen LogP contribution in [0.2, 0.25) is 0 Å². The third-order valence-electron chi connectivity index (χ3n) is 3.57. The Balaban J connectivity index is 1.80. The number of β-amino-alcohol motifs (C(OH)–C–C–N with tert-alkyl or cyclic N) is 1. The molecule has 1 aliphatic heterocycles. The normalized spacial score (nSPS) is 25.1. The maximum Gasteiger partial charge on any atom is 0.237 e. The second-order valence-corrected chi connectivity index (χ2v) is 5.42. The van der Waals surface area contributed by atoms with Crippen molar-refractivity contribution in [1.29, 1.82) is 0 Å². The number of hydrogen-bond donors (Lipinski definition) is 4. The van der Waals surface area contributed by atoms with E-state index in [9.17, 15) is 15.0 Å². The summed E-state index contributed by atoms with van der Waals surface area (Å²) >= 11 is 0. The number of carbonyl (C=O) groups is 1.